The molecule has 1 aromatic heterocycles. The molecule has 1 saturated carbocycles. The molecule has 0 unspecified atom stereocenters. The van der Waals surface area contributed by atoms with Crippen LogP contribution in [0.15, 0.2) is 52.9 Å². The molecule has 122 valence electrons. The van der Waals surface area contributed by atoms with Gasteiger partial charge in [0.15, 0.2) is 5.78 Å². The predicted molar refractivity (Wildman–Crippen MR) is 99.9 cm³/mol. The molecule has 3 nitrogen and oxygen atoms in total. The molecule has 24 heavy (non-hydrogen) atoms. The van der Waals surface area contributed by atoms with E-state index in [-0.39, 0.29) is 11.7 Å². The van der Waals surface area contributed by atoms with Gasteiger partial charge in [-0.15, -0.1) is 11.3 Å². The third-order valence-electron chi connectivity index (χ3n) is 3.91. The molecular weight excluding hydrogens is 318 g/mol. The van der Waals surface area contributed by atoms with Gasteiger partial charge in [0.1, 0.15) is 0 Å². The molecule has 1 amide bonds. The number of ketones is 1. The van der Waals surface area contributed by atoms with Gasteiger partial charge in [0.05, 0.1) is 0 Å². The molecule has 0 bridgehead atoms. The summed E-state index contributed by atoms with van der Waals surface area (Å²) in [6.45, 7) is 1.48. The summed E-state index contributed by atoms with van der Waals surface area (Å²) in [6.07, 6.45) is 6.63. The van der Waals surface area contributed by atoms with Crippen LogP contribution < -0.4 is 5.32 Å². The minimum atomic E-state index is -0.0908. The molecule has 1 N–H and O–H groups in total. The number of nitrogens with one attached hydrogen (secondary N) is 1. The van der Waals surface area contributed by atoms with Crippen molar-refractivity contribution in [1.29, 1.82) is 0 Å². The number of hydrogen-bond donors (Lipinski definition) is 1. The maximum absolute atomic E-state index is 12.7. The van der Waals surface area contributed by atoms with E-state index in [0.717, 1.165) is 46.5 Å². The number of amides is 1. The Kier molecular flexibility index (Phi) is 5.06. The third kappa shape index (κ3) is 4.09. The highest BCUT2D eigenvalue weighted by Crippen LogP contribution is 2.29. The normalized spacial score (nSPS) is 18.1. The van der Waals surface area contributed by atoms with Crippen LogP contribution in [0.5, 0.6) is 0 Å². The number of carbonyl (C=O) groups excluding carboxylic acids is 2. The summed E-state index contributed by atoms with van der Waals surface area (Å²) in [5, 5.41) is 4.76. The van der Waals surface area contributed by atoms with Crippen LogP contribution in [0.25, 0.3) is 12.2 Å². The van der Waals surface area contributed by atoms with Gasteiger partial charge in [-0.1, -0.05) is 18.2 Å². The summed E-state index contributed by atoms with van der Waals surface area (Å²) in [5.74, 6) is 0.0625. The lowest BCUT2D eigenvalue weighted by Crippen LogP contribution is -2.12. The maximum atomic E-state index is 12.7. The van der Waals surface area contributed by atoms with E-state index in [1.807, 2.05) is 53.9 Å². The molecule has 0 aliphatic heterocycles. The lowest BCUT2D eigenvalue weighted by molar-refractivity contribution is -0.114. The predicted octanol–water partition coefficient (Wildman–Crippen LogP) is 4.93. The Labute approximate surface area is 145 Å². The Hall–Kier alpha value is -2.46. The van der Waals surface area contributed by atoms with Gasteiger partial charge < -0.3 is 5.32 Å². The maximum Gasteiger partial charge on any atom is 0.221 e. The van der Waals surface area contributed by atoms with Crippen molar-refractivity contribution in [2.24, 2.45) is 0 Å². The molecule has 0 spiro atoms. The van der Waals surface area contributed by atoms with Gasteiger partial charge >= 0.3 is 0 Å². The number of Topliss-reactive ketones (excluding diaryl/α,β-unsaturated/α-hetero) is 1. The van der Waals surface area contributed by atoms with Gasteiger partial charge in [0.2, 0.25) is 5.91 Å². The van der Waals surface area contributed by atoms with Crippen LogP contribution in [0.4, 0.5) is 5.69 Å². The first-order valence-corrected chi connectivity index (χ1v) is 8.87. The first kappa shape index (κ1) is 16.4. The average molecular weight is 337 g/mol. The Balaban J connectivity index is 1.79. The third-order valence-corrected chi connectivity index (χ3v) is 4.73. The molecule has 1 heterocycles. The van der Waals surface area contributed by atoms with Gasteiger partial charge in [-0.2, -0.15) is 0 Å². The molecule has 0 atom stereocenters. The van der Waals surface area contributed by atoms with Crippen molar-refractivity contribution in [1.82, 2.24) is 0 Å². The molecule has 0 saturated heterocycles. The summed E-state index contributed by atoms with van der Waals surface area (Å²) >= 11 is 1.65. The number of thiophene rings is 1. The second kappa shape index (κ2) is 7.41. The number of carbonyl (C=O) groups is 2. The summed E-state index contributed by atoms with van der Waals surface area (Å²) < 4.78 is 0. The van der Waals surface area contributed by atoms with E-state index in [4.69, 9.17) is 0 Å². The molecule has 0 radical (unpaired) electrons. The Morgan fingerprint density at radius 1 is 1.08 bits per heavy atom. The number of hydrogen-bond acceptors (Lipinski definition) is 3. The zero-order valence-electron chi connectivity index (χ0n) is 13.5. The number of rotatable bonds is 3. The number of benzene rings is 1. The monoisotopic (exact) mass is 337 g/mol. The smallest absolute Gasteiger partial charge is 0.221 e. The molecular formula is C20H19NO2S. The highest BCUT2D eigenvalue weighted by atomic mass is 32.1. The molecule has 1 aliphatic carbocycles. The second-order valence-corrected chi connectivity index (χ2v) is 6.82. The van der Waals surface area contributed by atoms with E-state index >= 15 is 0 Å². The topological polar surface area (TPSA) is 46.2 Å². The van der Waals surface area contributed by atoms with Crippen molar-refractivity contribution in [2.75, 3.05) is 5.32 Å². The van der Waals surface area contributed by atoms with Crippen LogP contribution in [0.2, 0.25) is 0 Å². The van der Waals surface area contributed by atoms with Gasteiger partial charge in [0, 0.05) is 28.6 Å². The SMILES string of the molecule is CC(=O)Nc1ccc(/C=C2\CCC/C(=C/c3cccs3)C2=O)cc1. The average Bonchev–Trinajstić information content (AvgIpc) is 3.06. The minimum Gasteiger partial charge on any atom is -0.326 e. The summed E-state index contributed by atoms with van der Waals surface area (Å²) in [7, 11) is 0. The van der Waals surface area contributed by atoms with E-state index in [1.54, 1.807) is 11.3 Å². The fraction of sp³-hybridized carbons (Fsp3) is 0.200. The Morgan fingerprint density at radius 3 is 2.42 bits per heavy atom. The Morgan fingerprint density at radius 2 is 1.79 bits per heavy atom. The fourth-order valence-corrected chi connectivity index (χ4v) is 3.47. The molecule has 1 fully saturated rings. The van der Waals surface area contributed by atoms with Crippen LogP contribution in [0, 0.1) is 0 Å². The van der Waals surface area contributed by atoms with Gasteiger partial charge in [-0.25, -0.2) is 0 Å². The van der Waals surface area contributed by atoms with Crippen molar-refractivity contribution < 1.29 is 9.59 Å². The highest BCUT2D eigenvalue weighted by Gasteiger charge is 2.20. The summed E-state index contributed by atoms with van der Waals surface area (Å²) in [5.41, 5.74) is 3.49. The van der Waals surface area contributed by atoms with Crippen molar-refractivity contribution >= 4 is 40.9 Å². The summed E-state index contributed by atoms with van der Waals surface area (Å²) in [6, 6.07) is 11.6. The molecule has 1 aliphatic rings. The van der Waals surface area contributed by atoms with Gasteiger partial charge in [-0.3, -0.25) is 9.59 Å². The van der Waals surface area contributed by atoms with Crippen LogP contribution >= 0.6 is 11.3 Å². The summed E-state index contributed by atoms with van der Waals surface area (Å²) in [4.78, 5) is 24.9. The van der Waals surface area contributed by atoms with Crippen LogP contribution in [-0.4, -0.2) is 11.7 Å². The number of allylic oxidation sites excluding steroid dienone is 2. The first-order chi connectivity index (χ1) is 11.6. The van der Waals surface area contributed by atoms with Crippen molar-refractivity contribution in [2.45, 2.75) is 26.2 Å². The van der Waals surface area contributed by atoms with E-state index in [9.17, 15) is 9.59 Å². The van der Waals surface area contributed by atoms with Gasteiger partial charge in [-0.05, 0) is 60.6 Å². The Bertz CT molecular complexity index is 799. The van der Waals surface area contributed by atoms with Crippen molar-refractivity contribution in [3.8, 4) is 0 Å². The molecule has 2 aromatic rings. The zero-order chi connectivity index (χ0) is 16.9. The van der Waals surface area contributed by atoms with Crippen LogP contribution in [-0.2, 0) is 9.59 Å². The minimum absolute atomic E-state index is 0.0908. The van der Waals surface area contributed by atoms with E-state index < -0.39 is 0 Å². The van der Waals surface area contributed by atoms with E-state index in [2.05, 4.69) is 5.32 Å². The standard InChI is InChI=1S/C20H19NO2S/c1-14(22)21-18-9-7-15(8-10-18)12-16-4-2-5-17(20(16)23)13-19-6-3-11-24-19/h3,6-13H,2,4-5H2,1H3,(H,21,22)/b16-12+,17-13-. The second-order valence-electron chi connectivity index (χ2n) is 5.84. The fourth-order valence-electron chi connectivity index (χ4n) is 2.79. The quantitative estimate of drug-likeness (QED) is 0.808. The molecule has 1 aromatic carbocycles. The van der Waals surface area contributed by atoms with Crippen LogP contribution in [0.1, 0.15) is 36.6 Å². The lowest BCUT2D eigenvalue weighted by atomic mass is 9.87. The molecule has 3 rings (SSSR count). The molecule has 4 heteroatoms. The van der Waals surface area contributed by atoms with E-state index in [1.165, 1.54) is 6.92 Å². The number of anilines is 1. The lowest BCUT2D eigenvalue weighted by Gasteiger charge is -2.16. The van der Waals surface area contributed by atoms with E-state index in [0.29, 0.717) is 0 Å². The van der Waals surface area contributed by atoms with Crippen LogP contribution in [0.3, 0.4) is 0 Å². The van der Waals surface area contributed by atoms with Gasteiger partial charge in [0.25, 0.3) is 0 Å². The first-order valence-electron chi connectivity index (χ1n) is 7.99. The van der Waals surface area contributed by atoms with Crippen molar-refractivity contribution in [3.05, 3.63) is 63.4 Å². The van der Waals surface area contributed by atoms with Crippen molar-refractivity contribution in [3.63, 3.8) is 0 Å². The highest BCUT2D eigenvalue weighted by molar-refractivity contribution is 7.10. The largest absolute Gasteiger partial charge is 0.326 e. The zero-order valence-corrected chi connectivity index (χ0v) is 14.4.